The number of thiophene rings is 1. The molecule has 5 rings (SSSR count). The molecular weight excluding hydrogens is 340 g/mol. The highest BCUT2D eigenvalue weighted by atomic mass is 32.1. The molecule has 0 N–H and O–H groups in total. The lowest BCUT2D eigenvalue weighted by Gasteiger charge is -2.09. The zero-order valence-corrected chi connectivity index (χ0v) is 13.4. The van der Waals surface area contributed by atoms with E-state index in [9.17, 15) is 20.2 Å². The Bertz CT molecular complexity index is 1250. The molecule has 7 heteroatoms. The second-order valence-electron chi connectivity index (χ2n) is 5.83. The molecule has 25 heavy (non-hydrogen) atoms. The second kappa shape index (κ2) is 4.61. The molecule has 120 valence electrons. The van der Waals surface area contributed by atoms with Gasteiger partial charge in [-0.15, -0.1) is 11.3 Å². The van der Waals surface area contributed by atoms with Crippen molar-refractivity contribution < 1.29 is 9.85 Å². The summed E-state index contributed by atoms with van der Waals surface area (Å²) in [6.45, 7) is 0. The minimum absolute atomic E-state index is 0.0248. The van der Waals surface area contributed by atoms with Crippen LogP contribution >= 0.6 is 11.3 Å². The summed E-state index contributed by atoms with van der Waals surface area (Å²) in [6, 6.07) is 13.7. The van der Waals surface area contributed by atoms with Crippen molar-refractivity contribution in [1.29, 1.82) is 0 Å². The van der Waals surface area contributed by atoms with Gasteiger partial charge in [0.2, 0.25) is 0 Å². The summed E-state index contributed by atoms with van der Waals surface area (Å²) in [4.78, 5) is 22.4. The van der Waals surface area contributed by atoms with E-state index >= 15 is 0 Å². The zero-order valence-electron chi connectivity index (χ0n) is 12.6. The summed E-state index contributed by atoms with van der Waals surface area (Å²) < 4.78 is 1.79. The maximum Gasteiger partial charge on any atom is 0.277 e. The molecule has 0 aliphatic carbocycles. The molecule has 6 nitrogen and oxygen atoms in total. The normalized spacial score (nSPS) is 11.8. The van der Waals surface area contributed by atoms with Crippen LogP contribution in [0.2, 0.25) is 0 Å². The van der Waals surface area contributed by atoms with Crippen molar-refractivity contribution in [3.63, 3.8) is 0 Å². The van der Waals surface area contributed by atoms with Crippen LogP contribution in [0.1, 0.15) is 0 Å². The Kier molecular flexibility index (Phi) is 2.59. The molecule has 0 aliphatic rings. The number of nitro benzene ring substituents is 2. The molecular formula is C18H8N2O4S. The van der Waals surface area contributed by atoms with Crippen LogP contribution in [0, 0.1) is 20.2 Å². The number of hydrogen-bond donors (Lipinski definition) is 0. The minimum Gasteiger partial charge on any atom is -0.258 e. The van der Waals surface area contributed by atoms with Gasteiger partial charge < -0.3 is 0 Å². The fourth-order valence-corrected chi connectivity index (χ4v) is 4.82. The average Bonchev–Trinajstić information content (AvgIpc) is 2.98. The van der Waals surface area contributed by atoms with Crippen molar-refractivity contribution in [3.05, 3.63) is 68.8 Å². The molecule has 0 unspecified atom stereocenters. The third-order valence-corrected chi connectivity index (χ3v) is 5.74. The van der Waals surface area contributed by atoms with Gasteiger partial charge in [0.05, 0.1) is 20.6 Å². The highest BCUT2D eigenvalue weighted by Gasteiger charge is 2.26. The van der Waals surface area contributed by atoms with E-state index in [4.69, 9.17) is 0 Å². The van der Waals surface area contributed by atoms with E-state index in [1.165, 1.54) is 23.5 Å². The summed E-state index contributed by atoms with van der Waals surface area (Å²) in [7, 11) is 0. The lowest BCUT2D eigenvalue weighted by atomic mass is 9.92. The number of non-ortho nitro benzene ring substituents is 2. The Balaban J connectivity index is 2.25. The third kappa shape index (κ3) is 1.67. The SMILES string of the molecule is O=[N+]([O-])c1ccc2sc3ccc([N+](=O)[O-])c4c5ccccc5c1c2c34. The van der Waals surface area contributed by atoms with Crippen molar-refractivity contribution in [1.82, 2.24) is 0 Å². The number of hydrogen-bond acceptors (Lipinski definition) is 5. The molecule has 0 spiro atoms. The lowest BCUT2D eigenvalue weighted by Crippen LogP contribution is -1.93. The first-order chi connectivity index (χ1) is 12.1. The average molecular weight is 348 g/mol. The Labute approximate surface area is 143 Å². The summed E-state index contributed by atoms with van der Waals surface area (Å²) in [6.07, 6.45) is 0. The number of rotatable bonds is 2. The van der Waals surface area contributed by atoms with Crippen LogP contribution in [-0.4, -0.2) is 9.85 Å². The van der Waals surface area contributed by atoms with E-state index in [2.05, 4.69) is 0 Å². The Morgan fingerprint density at radius 1 is 0.640 bits per heavy atom. The fourth-order valence-electron chi connectivity index (χ4n) is 3.70. The quantitative estimate of drug-likeness (QED) is 0.235. The summed E-state index contributed by atoms with van der Waals surface area (Å²) >= 11 is 1.50. The topological polar surface area (TPSA) is 86.3 Å². The van der Waals surface area contributed by atoms with Crippen LogP contribution < -0.4 is 0 Å². The standard InChI is InChI=1S/C18H8N2O4S/c21-19(22)11-5-7-13-17-15(11)9-3-1-2-4-10(9)16-12(20(23)24)6-8-14(25-13)18(16)17/h1-8H. The van der Waals surface area contributed by atoms with Crippen LogP contribution in [0.25, 0.3) is 41.7 Å². The molecule has 0 fully saturated rings. The molecule has 1 aromatic heterocycles. The van der Waals surface area contributed by atoms with Crippen molar-refractivity contribution in [2.45, 2.75) is 0 Å². The van der Waals surface area contributed by atoms with Gasteiger partial charge in [0.15, 0.2) is 0 Å². The van der Waals surface area contributed by atoms with Crippen molar-refractivity contribution in [2.75, 3.05) is 0 Å². The lowest BCUT2D eigenvalue weighted by molar-refractivity contribution is -0.383. The number of fused-ring (bicyclic) bond motifs is 3. The molecule has 4 aromatic carbocycles. The Morgan fingerprint density at radius 2 is 1.08 bits per heavy atom. The smallest absolute Gasteiger partial charge is 0.258 e. The molecule has 0 bridgehead atoms. The molecule has 0 aliphatic heterocycles. The maximum atomic E-state index is 11.6. The van der Waals surface area contributed by atoms with Crippen molar-refractivity contribution in [3.8, 4) is 0 Å². The number of nitrogens with zero attached hydrogens (tertiary/aromatic N) is 2. The second-order valence-corrected chi connectivity index (χ2v) is 6.91. The van der Waals surface area contributed by atoms with Gasteiger partial charge in [0.1, 0.15) is 0 Å². The van der Waals surface area contributed by atoms with E-state index < -0.39 is 9.85 Å². The summed E-state index contributed by atoms with van der Waals surface area (Å²) in [5, 5.41) is 27.1. The first-order valence-electron chi connectivity index (χ1n) is 7.48. The largest absolute Gasteiger partial charge is 0.277 e. The number of nitro groups is 2. The first-order valence-corrected chi connectivity index (χ1v) is 8.30. The van der Waals surface area contributed by atoms with Crippen LogP contribution in [0.4, 0.5) is 11.4 Å². The van der Waals surface area contributed by atoms with E-state index in [-0.39, 0.29) is 11.4 Å². The van der Waals surface area contributed by atoms with E-state index in [1.54, 1.807) is 36.4 Å². The molecule has 5 aromatic rings. The fraction of sp³-hybridized carbons (Fsp3) is 0. The van der Waals surface area contributed by atoms with Gasteiger partial charge in [-0.3, -0.25) is 20.2 Å². The molecule has 1 heterocycles. The minimum atomic E-state index is -0.391. The van der Waals surface area contributed by atoms with Crippen LogP contribution in [0.3, 0.4) is 0 Å². The van der Waals surface area contributed by atoms with Gasteiger partial charge in [-0.2, -0.15) is 0 Å². The van der Waals surface area contributed by atoms with Gasteiger partial charge in [0.25, 0.3) is 11.4 Å². The highest BCUT2D eigenvalue weighted by molar-refractivity contribution is 7.26. The highest BCUT2D eigenvalue weighted by Crippen LogP contribution is 2.49. The first kappa shape index (κ1) is 14.1. The van der Waals surface area contributed by atoms with Gasteiger partial charge in [-0.05, 0) is 22.9 Å². The predicted octanol–water partition coefficient (Wildman–Crippen LogP) is 5.62. The maximum absolute atomic E-state index is 11.6. The zero-order chi connectivity index (χ0) is 17.3. The molecule has 0 amide bonds. The number of benzene rings is 4. The van der Waals surface area contributed by atoms with Gasteiger partial charge in [-0.1, -0.05) is 24.3 Å². The van der Waals surface area contributed by atoms with Crippen LogP contribution in [-0.2, 0) is 0 Å². The molecule has 0 saturated heterocycles. The Hall–Kier alpha value is -3.32. The van der Waals surface area contributed by atoms with Gasteiger partial charge >= 0.3 is 0 Å². The summed E-state index contributed by atoms with van der Waals surface area (Å²) in [5.41, 5.74) is 0.0496. The molecule has 0 atom stereocenters. The van der Waals surface area contributed by atoms with E-state index in [1.807, 2.05) is 0 Å². The summed E-state index contributed by atoms with van der Waals surface area (Å²) in [5.74, 6) is 0. The van der Waals surface area contributed by atoms with Gasteiger partial charge in [-0.25, -0.2) is 0 Å². The van der Waals surface area contributed by atoms with Gasteiger partial charge in [0, 0.05) is 32.3 Å². The van der Waals surface area contributed by atoms with Crippen molar-refractivity contribution in [2.24, 2.45) is 0 Å². The van der Waals surface area contributed by atoms with E-state index in [0.29, 0.717) is 21.5 Å². The molecule has 0 radical (unpaired) electrons. The van der Waals surface area contributed by atoms with Crippen LogP contribution in [0.5, 0.6) is 0 Å². The van der Waals surface area contributed by atoms with Crippen molar-refractivity contribution >= 4 is 64.4 Å². The third-order valence-electron chi connectivity index (χ3n) is 4.62. The molecule has 0 saturated carbocycles. The van der Waals surface area contributed by atoms with Crippen LogP contribution in [0.15, 0.2) is 48.5 Å². The Morgan fingerprint density at radius 3 is 1.48 bits per heavy atom. The predicted molar refractivity (Wildman–Crippen MR) is 98.8 cm³/mol. The van der Waals surface area contributed by atoms with E-state index in [0.717, 1.165) is 20.2 Å². The monoisotopic (exact) mass is 348 g/mol.